The first-order chi connectivity index (χ1) is 8.31. The first-order valence-corrected chi connectivity index (χ1v) is 6.75. The van der Waals surface area contributed by atoms with Gasteiger partial charge in [-0.2, -0.15) is 0 Å². The summed E-state index contributed by atoms with van der Waals surface area (Å²) < 4.78 is 5.64. The molecule has 0 aromatic heterocycles. The van der Waals surface area contributed by atoms with Crippen LogP contribution in [0.5, 0.6) is 0 Å². The van der Waals surface area contributed by atoms with Crippen LogP contribution in [0.1, 0.15) is 37.2 Å². The molecule has 17 heavy (non-hydrogen) atoms. The Morgan fingerprint density at radius 1 is 1.41 bits per heavy atom. The monoisotopic (exact) mass is 253 g/mol. The van der Waals surface area contributed by atoms with Gasteiger partial charge in [0.1, 0.15) is 0 Å². The van der Waals surface area contributed by atoms with Gasteiger partial charge in [-0.05, 0) is 49.8 Å². The molecule has 2 unspecified atom stereocenters. The van der Waals surface area contributed by atoms with E-state index in [0.717, 1.165) is 24.5 Å². The van der Waals surface area contributed by atoms with E-state index in [1.807, 2.05) is 18.2 Å². The molecule has 0 saturated carbocycles. The lowest BCUT2D eigenvalue weighted by Crippen LogP contribution is -2.16. The van der Waals surface area contributed by atoms with E-state index < -0.39 is 0 Å². The van der Waals surface area contributed by atoms with Crippen LogP contribution < -0.4 is 5.73 Å². The predicted molar refractivity (Wildman–Crippen MR) is 71.5 cm³/mol. The number of halogens is 1. The number of ether oxygens (including phenoxy) is 1. The molecule has 2 nitrogen and oxygen atoms in total. The van der Waals surface area contributed by atoms with Gasteiger partial charge < -0.3 is 10.5 Å². The molecular weight excluding hydrogens is 234 g/mol. The van der Waals surface area contributed by atoms with Crippen LogP contribution >= 0.6 is 11.6 Å². The van der Waals surface area contributed by atoms with Crippen LogP contribution in [-0.4, -0.2) is 19.3 Å². The third kappa shape index (κ3) is 3.44. The van der Waals surface area contributed by atoms with E-state index in [4.69, 9.17) is 22.1 Å². The molecule has 2 rings (SSSR count). The minimum Gasteiger partial charge on any atom is -0.378 e. The number of nitrogens with two attached hydrogens (primary N) is 1. The molecule has 1 fully saturated rings. The average molecular weight is 254 g/mol. The molecule has 0 amide bonds. The van der Waals surface area contributed by atoms with Crippen molar-refractivity contribution in [2.24, 2.45) is 5.73 Å². The molecule has 1 aromatic rings. The number of hydrogen-bond donors (Lipinski definition) is 1. The molecule has 2 atom stereocenters. The lowest BCUT2D eigenvalue weighted by atomic mass is 9.92. The van der Waals surface area contributed by atoms with E-state index in [9.17, 15) is 0 Å². The molecule has 1 heterocycles. The van der Waals surface area contributed by atoms with E-state index in [-0.39, 0.29) is 0 Å². The van der Waals surface area contributed by atoms with Gasteiger partial charge in [0.25, 0.3) is 0 Å². The number of rotatable bonds is 5. The van der Waals surface area contributed by atoms with Crippen molar-refractivity contribution in [3.8, 4) is 0 Å². The van der Waals surface area contributed by atoms with Gasteiger partial charge in [0.05, 0.1) is 6.10 Å². The standard InChI is InChI=1S/C14H20ClNO/c15-14-6-2-1-5-13(14)11(10-16)7-8-12-4-3-9-17-12/h1-2,5-6,11-12H,3-4,7-10,16H2. The van der Waals surface area contributed by atoms with Gasteiger partial charge in [0.2, 0.25) is 0 Å². The Balaban J connectivity index is 1.94. The highest BCUT2D eigenvalue weighted by Crippen LogP contribution is 2.29. The van der Waals surface area contributed by atoms with Gasteiger partial charge in [-0.15, -0.1) is 0 Å². The zero-order valence-corrected chi connectivity index (χ0v) is 10.8. The van der Waals surface area contributed by atoms with Crippen LogP contribution in [0.4, 0.5) is 0 Å². The molecule has 0 radical (unpaired) electrons. The first-order valence-electron chi connectivity index (χ1n) is 6.37. The zero-order valence-electron chi connectivity index (χ0n) is 10.1. The molecule has 1 aliphatic rings. The molecule has 3 heteroatoms. The highest BCUT2D eigenvalue weighted by atomic mass is 35.5. The van der Waals surface area contributed by atoms with Gasteiger partial charge in [0.15, 0.2) is 0 Å². The van der Waals surface area contributed by atoms with E-state index in [0.29, 0.717) is 18.6 Å². The third-order valence-electron chi connectivity index (χ3n) is 3.49. The van der Waals surface area contributed by atoms with Gasteiger partial charge in [0, 0.05) is 11.6 Å². The third-order valence-corrected chi connectivity index (χ3v) is 3.83. The van der Waals surface area contributed by atoms with Crippen molar-refractivity contribution in [3.05, 3.63) is 34.9 Å². The zero-order chi connectivity index (χ0) is 12.1. The number of benzene rings is 1. The molecule has 2 N–H and O–H groups in total. The van der Waals surface area contributed by atoms with Crippen LogP contribution in [0.25, 0.3) is 0 Å². The first kappa shape index (κ1) is 12.9. The fourth-order valence-electron chi connectivity index (χ4n) is 2.47. The Hall–Kier alpha value is -0.570. The van der Waals surface area contributed by atoms with Crippen LogP contribution in [0, 0.1) is 0 Å². The Bertz CT molecular complexity index is 350. The summed E-state index contributed by atoms with van der Waals surface area (Å²) in [5.41, 5.74) is 7.03. The molecule has 1 aromatic carbocycles. The molecule has 94 valence electrons. The van der Waals surface area contributed by atoms with Gasteiger partial charge in [-0.3, -0.25) is 0 Å². The summed E-state index contributed by atoms with van der Waals surface area (Å²) in [6.07, 6.45) is 4.98. The SMILES string of the molecule is NCC(CCC1CCCO1)c1ccccc1Cl. The summed E-state index contributed by atoms with van der Waals surface area (Å²) in [7, 11) is 0. The second kappa shape index (κ2) is 6.39. The van der Waals surface area contributed by atoms with Crippen molar-refractivity contribution in [1.82, 2.24) is 0 Å². The Morgan fingerprint density at radius 2 is 2.24 bits per heavy atom. The molecule has 1 aliphatic heterocycles. The summed E-state index contributed by atoms with van der Waals surface area (Å²) in [5.74, 6) is 0.355. The Morgan fingerprint density at radius 3 is 2.88 bits per heavy atom. The van der Waals surface area contributed by atoms with Crippen molar-refractivity contribution in [2.45, 2.75) is 37.7 Å². The maximum atomic E-state index is 6.21. The van der Waals surface area contributed by atoms with Crippen LogP contribution in [0.3, 0.4) is 0 Å². The van der Waals surface area contributed by atoms with E-state index in [2.05, 4.69) is 6.07 Å². The summed E-state index contributed by atoms with van der Waals surface area (Å²) >= 11 is 6.21. The highest BCUT2D eigenvalue weighted by molar-refractivity contribution is 6.31. The maximum absolute atomic E-state index is 6.21. The summed E-state index contributed by atoms with van der Waals surface area (Å²) in [5, 5.41) is 0.829. The smallest absolute Gasteiger partial charge is 0.0576 e. The van der Waals surface area contributed by atoms with E-state index in [1.54, 1.807) is 0 Å². The minimum atomic E-state index is 0.355. The predicted octanol–water partition coefficient (Wildman–Crippen LogP) is 3.34. The molecular formula is C14H20ClNO. The second-order valence-electron chi connectivity index (χ2n) is 4.67. The van der Waals surface area contributed by atoms with E-state index >= 15 is 0 Å². The van der Waals surface area contributed by atoms with Crippen molar-refractivity contribution >= 4 is 11.6 Å². The highest BCUT2D eigenvalue weighted by Gasteiger charge is 2.19. The van der Waals surface area contributed by atoms with Crippen molar-refractivity contribution in [3.63, 3.8) is 0 Å². The molecule has 1 saturated heterocycles. The van der Waals surface area contributed by atoms with Crippen molar-refractivity contribution in [2.75, 3.05) is 13.2 Å². The molecule has 0 spiro atoms. The Kier molecular flexibility index (Phi) is 4.84. The molecule has 0 bridgehead atoms. The van der Waals surface area contributed by atoms with Crippen molar-refractivity contribution in [1.29, 1.82) is 0 Å². The lowest BCUT2D eigenvalue weighted by Gasteiger charge is -2.18. The fourth-order valence-corrected chi connectivity index (χ4v) is 2.76. The van der Waals surface area contributed by atoms with E-state index in [1.165, 1.54) is 18.4 Å². The topological polar surface area (TPSA) is 35.2 Å². The summed E-state index contributed by atoms with van der Waals surface area (Å²) in [4.78, 5) is 0. The van der Waals surface area contributed by atoms with Gasteiger partial charge in [-0.1, -0.05) is 29.8 Å². The van der Waals surface area contributed by atoms with Crippen LogP contribution in [0.15, 0.2) is 24.3 Å². The van der Waals surface area contributed by atoms with Crippen LogP contribution in [0.2, 0.25) is 5.02 Å². The van der Waals surface area contributed by atoms with Crippen molar-refractivity contribution < 1.29 is 4.74 Å². The lowest BCUT2D eigenvalue weighted by molar-refractivity contribution is 0.101. The second-order valence-corrected chi connectivity index (χ2v) is 5.07. The Labute approximate surface area is 108 Å². The van der Waals surface area contributed by atoms with Gasteiger partial charge >= 0.3 is 0 Å². The van der Waals surface area contributed by atoms with Gasteiger partial charge in [-0.25, -0.2) is 0 Å². The normalized spacial score (nSPS) is 21.6. The summed E-state index contributed by atoms with van der Waals surface area (Å²) in [6, 6.07) is 8.00. The van der Waals surface area contributed by atoms with Crippen LogP contribution in [-0.2, 0) is 4.74 Å². The maximum Gasteiger partial charge on any atom is 0.0576 e. The quantitative estimate of drug-likeness (QED) is 0.874. The fraction of sp³-hybridized carbons (Fsp3) is 0.571. The summed E-state index contributed by atoms with van der Waals surface area (Å²) in [6.45, 7) is 1.57. The average Bonchev–Trinajstić information content (AvgIpc) is 2.85. The minimum absolute atomic E-state index is 0.355. The largest absolute Gasteiger partial charge is 0.378 e. The number of hydrogen-bond acceptors (Lipinski definition) is 2. The molecule has 0 aliphatic carbocycles.